The SMILES string of the molecule is OC(CC=C1SCCCS1)c1ccccc1. The third-order valence-corrected chi connectivity index (χ3v) is 5.06. The summed E-state index contributed by atoms with van der Waals surface area (Å²) in [4.78, 5) is 0. The first-order chi connectivity index (χ1) is 7.86. The first-order valence-corrected chi connectivity index (χ1v) is 7.52. The van der Waals surface area contributed by atoms with Gasteiger partial charge in [-0.25, -0.2) is 0 Å². The van der Waals surface area contributed by atoms with Crippen molar-refractivity contribution in [3.05, 3.63) is 46.2 Å². The molecule has 86 valence electrons. The number of aliphatic hydroxyl groups is 1. The number of thioether (sulfide) groups is 2. The van der Waals surface area contributed by atoms with E-state index >= 15 is 0 Å². The minimum absolute atomic E-state index is 0.364. The second-order valence-corrected chi connectivity index (χ2v) is 6.27. The first kappa shape index (κ1) is 12.1. The fourth-order valence-electron chi connectivity index (χ4n) is 1.58. The summed E-state index contributed by atoms with van der Waals surface area (Å²) >= 11 is 3.83. The quantitative estimate of drug-likeness (QED) is 0.883. The molecule has 16 heavy (non-hydrogen) atoms. The Morgan fingerprint density at radius 2 is 1.88 bits per heavy atom. The van der Waals surface area contributed by atoms with Crippen molar-refractivity contribution in [2.75, 3.05) is 11.5 Å². The van der Waals surface area contributed by atoms with Crippen LogP contribution in [0.4, 0.5) is 0 Å². The average molecular weight is 252 g/mol. The van der Waals surface area contributed by atoms with Crippen LogP contribution in [0.15, 0.2) is 40.6 Å². The number of hydrogen-bond donors (Lipinski definition) is 1. The van der Waals surface area contributed by atoms with Gasteiger partial charge in [0.2, 0.25) is 0 Å². The lowest BCUT2D eigenvalue weighted by Crippen LogP contribution is -1.96. The zero-order valence-electron chi connectivity index (χ0n) is 9.13. The Bertz CT molecular complexity index is 340. The molecule has 2 rings (SSSR count). The molecule has 3 heteroatoms. The molecule has 1 unspecified atom stereocenters. The van der Waals surface area contributed by atoms with Crippen LogP contribution in [0.5, 0.6) is 0 Å². The normalized spacial score (nSPS) is 18.2. The van der Waals surface area contributed by atoms with E-state index in [1.54, 1.807) is 0 Å². The summed E-state index contributed by atoms with van der Waals surface area (Å²) in [7, 11) is 0. The summed E-state index contributed by atoms with van der Waals surface area (Å²) in [5.74, 6) is 2.44. The molecular formula is C13H16OS2. The van der Waals surface area contributed by atoms with E-state index in [0.29, 0.717) is 0 Å². The molecule has 1 fully saturated rings. The van der Waals surface area contributed by atoms with Crippen LogP contribution in [-0.2, 0) is 0 Å². The fraction of sp³-hybridized carbons (Fsp3) is 0.385. The lowest BCUT2D eigenvalue weighted by molar-refractivity contribution is 0.181. The monoisotopic (exact) mass is 252 g/mol. The van der Waals surface area contributed by atoms with E-state index in [-0.39, 0.29) is 6.10 Å². The number of benzene rings is 1. The summed E-state index contributed by atoms with van der Waals surface area (Å²) in [6, 6.07) is 9.86. The smallest absolute Gasteiger partial charge is 0.0825 e. The van der Waals surface area contributed by atoms with E-state index in [9.17, 15) is 5.11 Å². The largest absolute Gasteiger partial charge is 0.388 e. The highest BCUT2D eigenvalue weighted by atomic mass is 32.2. The van der Waals surface area contributed by atoms with E-state index < -0.39 is 0 Å². The molecule has 0 aliphatic carbocycles. The zero-order valence-corrected chi connectivity index (χ0v) is 10.8. The average Bonchev–Trinajstić information content (AvgIpc) is 2.38. The Balaban J connectivity index is 1.90. The van der Waals surface area contributed by atoms with Gasteiger partial charge < -0.3 is 5.11 Å². The van der Waals surface area contributed by atoms with Crippen LogP contribution in [0.2, 0.25) is 0 Å². The Kier molecular flexibility index (Phi) is 4.82. The lowest BCUT2D eigenvalue weighted by atomic mass is 10.1. The number of hydrogen-bond acceptors (Lipinski definition) is 3. The van der Waals surface area contributed by atoms with E-state index in [2.05, 4.69) is 6.08 Å². The summed E-state index contributed by atoms with van der Waals surface area (Å²) < 4.78 is 1.38. The van der Waals surface area contributed by atoms with Crippen LogP contribution in [0, 0.1) is 0 Å². The maximum Gasteiger partial charge on any atom is 0.0825 e. The Hall–Kier alpha value is -0.380. The molecule has 1 aliphatic heterocycles. The van der Waals surface area contributed by atoms with Crippen molar-refractivity contribution in [3.8, 4) is 0 Å². The van der Waals surface area contributed by atoms with Crippen molar-refractivity contribution in [1.82, 2.24) is 0 Å². The first-order valence-electron chi connectivity index (χ1n) is 5.55. The molecule has 1 N–H and O–H groups in total. The number of rotatable bonds is 3. The van der Waals surface area contributed by atoms with Gasteiger partial charge in [-0.3, -0.25) is 0 Å². The second kappa shape index (κ2) is 6.38. The van der Waals surface area contributed by atoms with Gasteiger partial charge in [0, 0.05) is 4.24 Å². The zero-order chi connectivity index (χ0) is 11.2. The molecule has 0 amide bonds. The van der Waals surface area contributed by atoms with Crippen LogP contribution in [0.1, 0.15) is 24.5 Å². The predicted octanol–water partition coefficient (Wildman–Crippen LogP) is 3.82. The van der Waals surface area contributed by atoms with Gasteiger partial charge in [-0.2, -0.15) is 0 Å². The molecule has 1 aromatic carbocycles. The van der Waals surface area contributed by atoms with E-state index in [0.717, 1.165) is 12.0 Å². The van der Waals surface area contributed by atoms with Crippen molar-refractivity contribution in [1.29, 1.82) is 0 Å². The summed E-state index contributed by atoms with van der Waals surface area (Å²) in [5.41, 5.74) is 1.00. The molecule has 0 bridgehead atoms. The maximum absolute atomic E-state index is 9.99. The summed E-state index contributed by atoms with van der Waals surface area (Å²) in [5, 5.41) is 9.99. The third kappa shape index (κ3) is 3.58. The van der Waals surface area contributed by atoms with Crippen LogP contribution in [0.3, 0.4) is 0 Å². The van der Waals surface area contributed by atoms with Gasteiger partial charge in [0.25, 0.3) is 0 Å². The molecule has 1 saturated heterocycles. The second-order valence-electron chi connectivity index (χ2n) is 3.74. The molecule has 0 saturated carbocycles. The van der Waals surface area contributed by atoms with Gasteiger partial charge >= 0.3 is 0 Å². The lowest BCUT2D eigenvalue weighted by Gasteiger charge is -2.14. The molecule has 1 nitrogen and oxygen atoms in total. The van der Waals surface area contributed by atoms with Gasteiger partial charge in [-0.05, 0) is 29.9 Å². The van der Waals surface area contributed by atoms with Crippen molar-refractivity contribution >= 4 is 23.5 Å². The summed E-state index contributed by atoms with van der Waals surface area (Å²) in [6.45, 7) is 0. The van der Waals surface area contributed by atoms with E-state index in [1.165, 1.54) is 22.2 Å². The van der Waals surface area contributed by atoms with Gasteiger partial charge in [0.15, 0.2) is 0 Å². The highest BCUT2D eigenvalue weighted by molar-refractivity contribution is 8.22. The van der Waals surface area contributed by atoms with Crippen LogP contribution < -0.4 is 0 Å². The molecule has 0 radical (unpaired) electrons. The fourth-order valence-corrected chi connectivity index (χ4v) is 4.01. The van der Waals surface area contributed by atoms with Crippen molar-refractivity contribution in [2.24, 2.45) is 0 Å². The highest BCUT2D eigenvalue weighted by Crippen LogP contribution is 2.35. The van der Waals surface area contributed by atoms with Gasteiger partial charge in [-0.1, -0.05) is 36.4 Å². The van der Waals surface area contributed by atoms with Gasteiger partial charge in [0.1, 0.15) is 0 Å². The molecule has 0 spiro atoms. The van der Waals surface area contributed by atoms with E-state index in [1.807, 2.05) is 53.9 Å². The molecule has 1 aliphatic rings. The summed E-state index contributed by atoms with van der Waals surface area (Å²) in [6.07, 6.45) is 3.83. The minimum atomic E-state index is -0.364. The Morgan fingerprint density at radius 3 is 2.56 bits per heavy atom. The van der Waals surface area contributed by atoms with Crippen LogP contribution in [0.25, 0.3) is 0 Å². The maximum atomic E-state index is 9.99. The van der Waals surface area contributed by atoms with Crippen molar-refractivity contribution in [2.45, 2.75) is 18.9 Å². The van der Waals surface area contributed by atoms with Crippen molar-refractivity contribution in [3.63, 3.8) is 0 Å². The Morgan fingerprint density at radius 1 is 1.19 bits per heavy atom. The van der Waals surface area contributed by atoms with E-state index in [4.69, 9.17) is 0 Å². The minimum Gasteiger partial charge on any atom is -0.388 e. The molecule has 0 aromatic heterocycles. The topological polar surface area (TPSA) is 20.2 Å². The predicted molar refractivity (Wildman–Crippen MR) is 73.6 cm³/mol. The number of aliphatic hydroxyl groups excluding tert-OH is 1. The van der Waals surface area contributed by atoms with Crippen molar-refractivity contribution < 1.29 is 5.11 Å². The van der Waals surface area contributed by atoms with Crippen LogP contribution >= 0.6 is 23.5 Å². The Labute approximate surface area is 105 Å². The molecule has 1 atom stereocenters. The van der Waals surface area contributed by atoms with Gasteiger partial charge in [0.05, 0.1) is 6.10 Å². The van der Waals surface area contributed by atoms with Gasteiger partial charge in [-0.15, -0.1) is 23.5 Å². The molecule has 1 aromatic rings. The highest BCUT2D eigenvalue weighted by Gasteiger charge is 2.09. The standard InChI is InChI=1S/C13H16OS2/c14-12(11-5-2-1-3-6-11)7-8-13-15-9-4-10-16-13/h1-3,5-6,8,12,14H,4,7,9-10H2. The van der Waals surface area contributed by atoms with Crippen LogP contribution in [-0.4, -0.2) is 16.6 Å². The third-order valence-electron chi connectivity index (χ3n) is 2.47. The molecular weight excluding hydrogens is 236 g/mol. The molecule has 1 heterocycles.